The maximum atomic E-state index is 13.3. The van der Waals surface area contributed by atoms with E-state index in [2.05, 4.69) is 15.6 Å². The molecule has 0 saturated heterocycles. The lowest BCUT2D eigenvalue weighted by atomic mass is 10.2. The number of amides is 2. The fourth-order valence-electron chi connectivity index (χ4n) is 2.84. The van der Waals surface area contributed by atoms with E-state index in [1.807, 2.05) is 6.92 Å². The molecule has 0 unspecified atom stereocenters. The molecule has 0 radical (unpaired) electrons. The van der Waals surface area contributed by atoms with Crippen molar-refractivity contribution in [3.05, 3.63) is 62.6 Å². The Labute approximate surface area is 171 Å². The first-order chi connectivity index (χ1) is 13.3. The van der Waals surface area contributed by atoms with E-state index in [-0.39, 0.29) is 22.0 Å². The number of aromatic nitrogens is 2. The molecule has 1 heterocycles. The van der Waals surface area contributed by atoms with Crippen LogP contribution in [0.1, 0.15) is 25.7 Å². The maximum absolute atomic E-state index is 13.3. The Balaban J connectivity index is 2.27. The summed E-state index contributed by atoms with van der Waals surface area (Å²) in [6.45, 7) is 4.01. The van der Waals surface area contributed by atoms with Gasteiger partial charge in [0.1, 0.15) is 5.82 Å². The number of nitrogens with two attached hydrogens (primary N) is 1. The standard InChI is InChI=1S/C19H19Cl2N5O2/c1-3-23-19(28)24-11-7-8-12(20)15(9-11)26-17(10(2)22)25-14-6-4-5-13(21)16(14)18(26)27/h4-10H,3,22H2,1-2H3,(H2,23,24,28)/t10-/m0/s1. The molecule has 0 aliphatic carbocycles. The number of carbonyl (C=O) groups is 1. The molecule has 0 bridgehead atoms. The number of nitrogens with one attached hydrogen (secondary N) is 2. The van der Waals surface area contributed by atoms with Crippen LogP contribution in [-0.4, -0.2) is 22.1 Å². The van der Waals surface area contributed by atoms with Crippen molar-refractivity contribution in [2.75, 3.05) is 11.9 Å². The van der Waals surface area contributed by atoms with Gasteiger partial charge in [-0.2, -0.15) is 0 Å². The Morgan fingerprint density at radius 2 is 2.00 bits per heavy atom. The zero-order valence-electron chi connectivity index (χ0n) is 15.3. The lowest BCUT2D eigenvalue weighted by molar-refractivity contribution is 0.252. The van der Waals surface area contributed by atoms with E-state index in [9.17, 15) is 9.59 Å². The van der Waals surface area contributed by atoms with Crippen molar-refractivity contribution in [1.29, 1.82) is 0 Å². The summed E-state index contributed by atoms with van der Waals surface area (Å²) in [7, 11) is 0. The van der Waals surface area contributed by atoms with Gasteiger partial charge in [0.25, 0.3) is 5.56 Å². The SMILES string of the molecule is CCNC(=O)Nc1ccc(Cl)c(-n2c([C@H](C)N)nc3cccc(Cl)c3c2=O)c1. The van der Waals surface area contributed by atoms with Gasteiger partial charge in [-0.05, 0) is 44.2 Å². The largest absolute Gasteiger partial charge is 0.338 e. The van der Waals surface area contributed by atoms with E-state index in [4.69, 9.17) is 28.9 Å². The van der Waals surface area contributed by atoms with Crippen LogP contribution in [0.25, 0.3) is 16.6 Å². The normalized spacial score (nSPS) is 12.0. The van der Waals surface area contributed by atoms with Crippen LogP contribution in [0.5, 0.6) is 0 Å². The van der Waals surface area contributed by atoms with Crippen molar-refractivity contribution in [2.24, 2.45) is 5.73 Å². The highest BCUT2D eigenvalue weighted by molar-refractivity contribution is 6.35. The smallest absolute Gasteiger partial charge is 0.319 e. The second-order valence-corrected chi connectivity index (χ2v) is 7.00. The monoisotopic (exact) mass is 419 g/mol. The molecule has 2 aromatic carbocycles. The molecule has 28 heavy (non-hydrogen) atoms. The molecule has 146 valence electrons. The summed E-state index contributed by atoms with van der Waals surface area (Å²) in [6, 6.07) is 8.95. The predicted molar refractivity (Wildman–Crippen MR) is 113 cm³/mol. The van der Waals surface area contributed by atoms with Gasteiger partial charge in [0.2, 0.25) is 0 Å². The molecular weight excluding hydrogens is 401 g/mol. The van der Waals surface area contributed by atoms with Crippen LogP contribution in [0.4, 0.5) is 10.5 Å². The topological polar surface area (TPSA) is 102 Å². The predicted octanol–water partition coefficient (Wildman–Crippen LogP) is 3.85. The Morgan fingerprint density at radius 3 is 2.68 bits per heavy atom. The Bertz CT molecular complexity index is 1110. The molecule has 1 atom stereocenters. The Kier molecular flexibility index (Phi) is 5.88. The first-order valence-electron chi connectivity index (χ1n) is 8.65. The molecule has 7 nitrogen and oxygen atoms in total. The van der Waals surface area contributed by atoms with Gasteiger partial charge >= 0.3 is 6.03 Å². The highest BCUT2D eigenvalue weighted by Gasteiger charge is 2.19. The minimum atomic E-state index is -0.549. The fraction of sp³-hybridized carbons (Fsp3) is 0.211. The van der Waals surface area contributed by atoms with Crippen molar-refractivity contribution in [3.8, 4) is 5.69 Å². The van der Waals surface area contributed by atoms with E-state index in [0.717, 1.165) is 0 Å². The van der Waals surface area contributed by atoms with Crippen molar-refractivity contribution in [2.45, 2.75) is 19.9 Å². The van der Waals surface area contributed by atoms with Crippen molar-refractivity contribution >= 4 is 45.8 Å². The zero-order chi connectivity index (χ0) is 20.4. The van der Waals surface area contributed by atoms with Gasteiger partial charge in [-0.15, -0.1) is 0 Å². The van der Waals surface area contributed by atoms with E-state index in [0.29, 0.717) is 34.3 Å². The molecule has 9 heteroatoms. The number of carbonyl (C=O) groups excluding carboxylic acids is 1. The summed E-state index contributed by atoms with van der Waals surface area (Å²) < 4.78 is 1.34. The number of fused-ring (bicyclic) bond motifs is 1. The average Bonchev–Trinajstić information content (AvgIpc) is 2.63. The lowest BCUT2D eigenvalue weighted by Gasteiger charge is -2.18. The molecule has 0 aliphatic heterocycles. The van der Waals surface area contributed by atoms with Crippen molar-refractivity contribution in [1.82, 2.24) is 14.9 Å². The van der Waals surface area contributed by atoms with Gasteiger partial charge in [0.15, 0.2) is 0 Å². The number of hydrogen-bond acceptors (Lipinski definition) is 4. The number of urea groups is 1. The van der Waals surface area contributed by atoms with Crippen LogP contribution in [0.2, 0.25) is 10.0 Å². The molecule has 2 amide bonds. The molecule has 0 aliphatic rings. The molecule has 4 N–H and O–H groups in total. The summed E-state index contributed by atoms with van der Waals surface area (Å²) in [4.78, 5) is 29.7. The first-order valence-corrected chi connectivity index (χ1v) is 9.40. The quantitative estimate of drug-likeness (QED) is 0.597. The fourth-order valence-corrected chi connectivity index (χ4v) is 3.30. The summed E-state index contributed by atoms with van der Waals surface area (Å²) >= 11 is 12.6. The van der Waals surface area contributed by atoms with Crippen molar-refractivity contribution < 1.29 is 4.79 Å². The van der Waals surface area contributed by atoms with E-state index >= 15 is 0 Å². The first kappa shape index (κ1) is 20.1. The second-order valence-electron chi connectivity index (χ2n) is 6.18. The summed E-state index contributed by atoms with van der Waals surface area (Å²) in [5.41, 5.74) is 6.96. The number of nitrogens with zero attached hydrogens (tertiary/aromatic N) is 2. The number of rotatable bonds is 4. The van der Waals surface area contributed by atoms with E-state index in [1.165, 1.54) is 4.57 Å². The van der Waals surface area contributed by atoms with Gasteiger partial charge in [-0.25, -0.2) is 9.78 Å². The summed E-state index contributed by atoms with van der Waals surface area (Å²) in [5.74, 6) is 0.330. The van der Waals surface area contributed by atoms with Gasteiger partial charge in [0.05, 0.1) is 32.7 Å². The Morgan fingerprint density at radius 1 is 1.25 bits per heavy atom. The van der Waals surface area contributed by atoms with Crippen LogP contribution in [0.15, 0.2) is 41.2 Å². The molecule has 3 aromatic rings. The number of halogens is 2. The van der Waals surface area contributed by atoms with Crippen LogP contribution in [0, 0.1) is 0 Å². The van der Waals surface area contributed by atoms with Gasteiger partial charge in [0, 0.05) is 12.2 Å². The van der Waals surface area contributed by atoms with Crippen LogP contribution in [-0.2, 0) is 0 Å². The second kappa shape index (κ2) is 8.18. The molecule has 0 fully saturated rings. The maximum Gasteiger partial charge on any atom is 0.319 e. The molecular formula is C19H19Cl2N5O2. The minimum Gasteiger partial charge on any atom is -0.338 e. The van der Waals surface area contributed by atoms with Gasteiger partial charge in [-0.1, -0.05) is 29.3 Å². The van der Waals surface area contributed by atoms with Crippen molar-refractivity contribution in [3.63, 3.8) is 0 Å². The molecule has 0 spiro atoms. The zero-order valence-corrected chi connectivity index (χ0v) is 16.8. The molecule has 3 rings (SSSR count). The average molecular weight is 420 g/mol. The van der Waals surface area contributed by atoms with Gasteiger partial charge < -0.3 is 16.4 Å². The van der Waals surface area contributed by atoms with Crippen LogP contribution >= 0.6 is 23.2 Å². The number of anilines is 1. The number of hydrogen-bond donors (Lipinski definition) is 3. The highest BCUT2D eigenvalue weighted by atomic mass is 35.5. The molecule has 0 saturated carbocycles. The van der Waals surface area contributed by atoms with Crippen LogP contribution in [0.3, 0.4) is 0 Å². The van der Waals surface area contributed by atoms with Crippen LogP contribution < -0.4 is 21.9 Å². The minimum absolute atomic E-state index is 0.270. The molecule has 1 aromatic heterocycles. The lowest BCUT2D eigenvalue weighted by Crippen LogP contribution is -2.29. The van der Waals surface area contributed by atoms with Gasteiger partial charge in [-0.3, -0.25) is 9.36 Å². The Hall–Kier alpha value is -2.61. The summed E-state index contributed by atoms with van der Waals surface area (Å²) in [5, 5.41) is 6.19. The third kappa shape index (κ3) is 3.82. The highest BCUT2D eigenvalue weighted by Crippen LogP contribution is 2.27. The third-order valence-corrected chi connectivity index (χ3v) is 4.70. The van der Waals surface area contributed by atoms with E-state index < -0.39 is 6.04 Å². The third-order valence-electron chi connectivity index (χ3n) is 4.06. The number of benzene rings is 2. The van der Waals surface area contributed by atoms with E-state index in [1.54, 1.807) is 43.3 Å². The summed E-state index contributed by atoms with van der Waals surface area (Å²) in [6.07, 6.45) is 0.